The fraction of sp³-hybridized carbons (Fsp3) is 0.857. The van der Waals surface area contributed by atoms with Crippen molar-refractivity contribution >= 4 is 34.7 Å². The van der Waals surface area contributed by atoms with Gasteiger partial charge in [0.05, 0.1) is 0 Å². The molecule has 0 aromatic carbocycles. The van der Waals surface area contributed by atoms with Gasteiger partial charge in [0.1, 0.15) is 0 Å². The molecule has 2 rings (SSSR count). The van der Waals surface area contributed by atoms with E-state index in [2.05, 4.69) is 73.9 Å². The van der Waals surface area contributed by atoms with Crippen LogP contribution in [-0.4, -0.2) is 33.4 Å². The van der Waals surface area contributed by atoms with Gasteiger partial charge in [-0.1, -0.05) is 0 Å². The predicted molar refractivity (Wildman–Crippen MR) is 100 cm³/mol. The molecule has 0 aromatic rings. The molecule has 2 atom stereocenters. The standard InChI is InChI=1S/2C7H15N3S/c2*1-5-4-7(2,3)8-6(11)10-9-5/h2*5,9H,4H2,1-3H3,(H2,8,10,11)/t2*5-/m10/s1. The van der Waals surface area contributed by atoms with Crippen molar-refractivity contribution in [2.75, 3.05) is 0 Å². The summed E-state index contributed by atoms with van der Waals surface area (Å²) >= 11 is 10.0. The molecule has 2 fully saturated rings. The van der Waals surface area contributed by atoms with E-state index < -0.39 is 0 Å². The minimum Gasteiger partial charge on any atom is -0.357 e. The lowest BCUT2D eigenvalue weighted by Crippen LogP contribution is -2.46. The lowest BCUT2D eigenvalue weighted by Gasteiger charge is -2.25. The third-order valence-corrected chi connectivity index (χ3v) is 3.81. The van der Waals surface area contributed by atoms with Crippen LogP contribution in [0.2, 0.25) is 0 Å². The van der Waals surface area contributed by atoms with Gasteiger partial charge in [0.15, 0.2) is 10.2 Å². The van der Waals surface area contributed by atoms with Gasteiger partial charge in [-0.25, -0.2) is 10.9 Å². The Morgan fingerprint density at radius 3 is 1.41 bits per heavy atom. The summed E-state index contributed by atoms with van der Waals surface area (Å²) in [7, 11) is 0. The van der Waals surface area contributed by atoms with E-state index in [0.717, 1.165) is 12.8 Å². The number of hydrogen-bond acceptors (Lipinski definition) is 4. The van der Waals surface area contributed by atoms with Crippen LogP contribution in [0, 0.1) is 0 Å². The Balaban J connectivity index is 0.000000220. The fourth-order valence-electron chi connectivity index (χ4n) is 2.79. The zero-order chi connectivity index (χ0) is 17.0. The number of rotatable bonds is 0. The van der Waals surface area contributed by atoms with E-state index >= 15 is 0 Å². The van der Waals surface area contributed by atoms with Gasteiger partial charge >= 0.3 is 0 Å². The normalized spacial score (nSPS) is 30.1. The number of hydrogen-bond donors (Lipinski definition) is 6. The molecule has 0 unspecified atom stereocenters. The molecule has 22 heavy (non-hydrogen) atoms. The smallest absolute Gasteiger partial charge is 0.181 e. The van der Waals surface area contributed by atoms with Gasteiger partial charge in [0.25, 0.3) is 0 Å². The summed E-state index contributed by atoms with van der Waals surface area (Å²) in [6.45, 7) is 12.8. The first-order valence-electron chi connectivity index (χ1n) is 7.66. The minimum atomic E-state index is 0.0903. The molecular formula is C14H30N6S2. The van der Waals surface area contributed by atoms with Gasteiger partial charge < -0.3 is 10.6 Å². The third kappa shape index (κ3) is 7.53. The third-order valence-electron chi connectivity index (χ3n) is 3.40. The molecule has 2 aliphatic rings. The summed E-state index contributed by atoms with van der Waals surface area (Å²) in [6, 6.07) is 0.885. The molecule has 0 bridgehead atoms. The molecule has 0 amide bonds. The molecule has 0 aromatic heterocycles. The monoisotopic (exact) mass is 346 g/mol. The van der Waals surface area contributed by atoms with E-state index in [1.807, 2.05) is 0 Å². The molecule has 0 saturated carbocycles. The van der Waals surface area contributed by atoms with Crippen LogP contribution in [-0.2, 0) is 0 Å². The first kappa shape index (κ1) is 19.3. The molecule has 128 valence electrons. The largest absolute Gasteiger partial charge is 0.357 e. The molecule has 2 aliphatic heterocycles. The average molecular weight is 347 g/mol. The van der Waals surface area contributed by atoms with Crippen LogP contribution in [0.3, 0.4) is 0 Å². The molecule has 2 heterocycles. The molecule has 0 aliphatic carbocycles. The molecule has 0 spiro atoms. The quantitative estimate of drug-likeness (QED) is 0.364. The van der Waals surface area contributed by atoms with Crippen LogP contribution in [0.5, 0.6) is 0 Å². The highest BCUT2D eigenvalue weighted by Gasteiger charge is 2.25. The fourth-order valence-corrected chi connectivity index (χ4v) is 3.46. The van der Waals surface area contributed by atoms with Gasteiger partial charge in [-0.2, -0.15) is 0 Å². The minimum absolute atomic E-state index is 0.0903. The van der Waals surface area contributed by atoms with E-state index in [9.17, 15) is 0 Å². The maximum atomic E-state index is 5.01. The molecule has 6 nitrogen and oxygen atoms in total. The number of hydrazine groups is 2. The van der Waals surface area contributed by atoms with Crippen LogP contribution in [0.1, 0.15) is 54.4 Å². The molecule has 0 radical (unpaired) electrons. The summed E-state index contributed by atoms with van der Waals surface area (Å²) in [5.41, 5.74) is 12.2. The Kier molecular flexibility index (Phi) is 6.79. The molecular weight excluding hydrogens is 316 g/mol. The molecule has 6 N–H and O–H groups in total. The summed E-state index contributed by atoms with van der Waals surface area (Å²) in [4.78, 5) is 0. The highest BCUT2D eigenvalue weighted by molar-refractivity contribution is 7.80. The summed E-state index contributed by atoms with van der Waals surface area (Å²) in [5.74, 6) is 0. The van der Waals surface area contributed by atoms with E-state index in [1.165, 1.54) is 0 Å². The van der Waals surface area contributed by atoms with E-state index in [-0.39, 0.29) is 11.1 Å². The van der Waals surface area contributed by atoms with Gasteiger partial charge in [-0.15, -0.1) is 0 Å². The van der Waals surface area contributed by atoms with Crippen LogP contribution in [0.15, 0.2) is 0 Å². The van der Waals surface area contributed by atoms with Crippen molar-refractivity contribution in [1.29, 1.82) is 0 Å². The summed E-state index contributed by atoms with van der Waals surface area (Å²) in [6.07, 6.45) is 2.11. The van der Waals surface area contributed by atoms with Crippen molar-refractivity contribution in [3.8, 4) is 0 Å². The molecule has 2 saturated heterocycles. The van der Waals surface area contributed by atoms with Crippen molar-refractivity contribution in [2.24, 2.45) is 0 Å². The van der Waals surface area contributed by atoms with Crippen molar-refractivity contribution < 1.29 is 0 Å². The van der Waals surface area contributed by atoms with Gasteiger partial charge in [0.2, 0.25) is 0 Å². The summed E-state index contributed by atoms with van der Waals surface area (Å²) in [5, 5.41) is 7.77. The number of nitrogens with one attached hydrogen (secondary N) is 6. The van der Waals surface area contributed by atoms with Crippen molar-refractivity contribution in [2.45, 2.75) is 77.5 Å². The first-order valence-corrected chi connectivity index (χ1v) is 8.48. The van der Waals surface area contributed by atoms with Crippen LogP contribution in [0.4, 0.5) is 0 Å². The van der Waals surface area contributed by atoms with Gasteiger partial charge in [-0.3, -0.25) is 10.9 Å². The first-order chi connectivity index (χ1) is 9.99. The van der Waals surface area contributed by atoms with E-state index in [1.54, 1.807) is 0 Å². The molecule has 8 heteroatoms. The Hall–Kier alpha value is -0.700. The maximum absolute atomic E-state index is 5.01. The topological polar surface area (TPSA) is 72.2 Å². The van der Waals surface area contributed by atoms with Gasteiger partial charge in [-0.05, 0) is 78.8 Å². The Labute approximate surface area is 144 Å². The second kappa shape index (κ2) is 7.72. The lowest BCUT2D eigenvalue weighted by molar-refractivity contribution is 0.380. The Morgan fingerprint density at radius 2 is 1.09 bits per heavy atom. The second-order valence-corrected chi connectivity index (χ2v) is 8.24. The van der Waals surface area contributed by atoms with Crippen molar-refractivity contribution in [1.82, 2.24) is 32.3 Å². The zero-order valence-electron chi connectivity index (χ0n) is 14.4. The highest BCUT2D eigenvalue weighted by atomic mass is 32.1. The maximum Gasteiger partial charge on any atom is 0.181 e. The van der Waals surface area contributed by atoms with Crippen LogP contribution < -0.4 is 32.3 Å². The average Bonchev–Trinajstić information content (AvgIpc) is 2.50. The zero-order valence-corrected chi connectivity index (χ0v) is 16.0. The highest BCUT2D eigenvalue weighted by Crippen LogP contribution is 2.13. The Morgan fingerprint density at radius 1 is 0.773 bits per heavy atom. The predicted octanol–water partition coefficient (Wildman–Crippen LogP) is 1.05. The SMILES string of the molecule is C[C@@H]1CC(C)(C)NC(=S)NN1.C[C@H]1CC(C)(C)NC(=S)NN1. The Bertz CT molecular complexity index is 372. The van der Waals surface area contributed by atoms with E-state index in [0.29, 0.717) is 22.3 Å². The van der Waals surface area contributed by atoms with Crippen LogP contribution in [0.25, 0.3) is 0 Å². The van der Waals surface area contributed by atoms with Gasteiger partial charge in [0, 0.05) is 23.2 Å². The lowest BCUT2D eigenvalue weighted by atomic mass is 9.97. The van der Waals surface area contributed by atoms with E-state index in [4.69, 9.17) is 24.4 Å². The summed E-state index contributed by atoms with van der Waals surface area (Å²) < 4.78 is 0. The van der Waals surface area contributed by atoms with Crippen molar-refractivity contribution in [3.05, 3.63) is 0 Å². The number of thiocarbonyl (C=S) groups is 2. The van der Waals surface area contributed by atoms with Crippen LogP contribution >= 0.6 is 24.4 Å². The van der Waals surface area contributed by atoms with Crippen molar-refractivity contribution in [3.63, 3.8) is 0 Å². The second-order valence-electron chi connectivity index (χ2n) is 7.43.